The zero-order valence-electron chi connectivity index (χ0n) is 17.3. The van der Waals surface area contributed by atoms with Crippen molar-refractivity contribution in [2.75, 3.05) is 0 Å². The number of hydrogen-bond acceptors (Lipinski definition) is 0. The fraction of sp³-hybridized carbons (Fsp3) is 0.133. The standard InChI is InChI=1S/C30H22/c1-30(2)25-17-21-11-5-9-18-10-6-14-23(26(18)21)28(25)24-15-7-12-20-16-19-8-3-4-13-22(19)29(30)27(20)24/h3-10,12-17H,11H2,1-2H3. The van der Waals surface area contributed by atoms with Crippen LogP contribution in [-0.4, -0.2) is 0 Å². The molecule has 0 nitrogen and oxygen atoms in total. The molecule has 2 aliphatic carbocycles. The van der Waals surface area contributed by atoms with Gasteiger partial charge in [-0.15, -0.1) is 0 Å². The van der Waals surface area contributed by atoms with Crippen molar-refractivity contribution >= 4 is 38.4 Å². The van der Waals surface area contributed by atoms with E-state index < -0.39 is 0 Å². The molecule has 30 heavy (non-hydrogen) atoms. The van der Waals surface area contributed by atoms with Gasteiger partial charge in [-0.2, -0.15) is 0 Å². The molecule has 5 aromatic rings. The van der Waals surface area contributed by atoms with Crippen molar-refractivity contribution in [1.29, 1.82) is 0 Å². The van der Waals surface area contributed by atoms with Crippen LogP contribution in [0.3, 0.4) is 0 Å². The van der Waals surface area contributed by atoms with E-state index >= 15 is 0 Å². The molecule has 0 heterocycles. The number of fused-ring (bicyclic) bond motifs is 5. The van der Waals surface area contributed by atoms with Gasteiger partial charge in [0.05, 0.1) is 0 Å². The highest BCUT2D eigenvalue weighted by Crippen LogP contribution is 2.54. The molecule has 0 N–H and O–H groups in total. The highest BCUT2D eigenvalue weighted by Gasteiger charge is 2.36. The Bertz CT molecular complexity index is 1580. The Balaban J connectivity index is 1.78. The SMILES string of the molecule is CC1(C)c2cc3c4c(cccc4c2-c2cccc4cc5ccccc5c1c24)C=CC3. The second kappa shape index (κ2) is 5.40. The van der Waals surface area contributed by atoms with Crippen molar-refractivity contribution < 1.29 is 0 Å². The Kier molecular flexibility index (Phi) is 2.96. The molecule has 0 aliphatic heterocycles. The van der Waals surface area contributed by atoms with Gasteiger partial charge in [-0.05, 0) is 78.2 Å². The minimum absolute atomic E-state index is 0.0648. The maximum Gasteiger partial charge on any atom is 0.0165 e. The molecule has 7 rings (SSSR count). The molecule has 5 aromatic carbocycles. The fourth-order valence-corrected chi connectivity index (χ4v) is 6.11. The van der Waals surface area contributed by atoms with Crippen molar-refractivity contribution in [3.05, 3.63) is 101 Å². The lowest BCUT2D eigenvalue weighted by Crippen LogP contribution is -2.25. The van der Waals surface area contributed by atoms with E-state index in [0.717, 1.165) is 6.42 Å². The summed E-state index contributed by atoms with van der Waals surface area (Å²) in [5.41, 5.74) is 8.52. The maximum absolute atomic E-state index is 2.51. The summed E-state index contributed by atoms with van der Waals surface area (Å²) in [6.45, 7) is 4.84. The average molecular weight is 383 g/mol. The zero-order chi connectivity index (χ0) is 20.0. The Morgan fingerprint density at radius 1 is 0.733 bits per heavy atom. The third-order valence-corrected chi connectivity index (χ3v) is 7.37. The van der Waals surface area contributed by atoms with E-state index in [1.54, 1.807) is 0 Å². The summed E-state index contributed by atoms with van der Waals surface area (Å²) < 4.78 is 0. The van der Waals surface area contributed by atoms with Crippen LogP contribution in [0.15, 0.2) is 78.9 Å². The smallest absolute Gasteiger partial charge is 0.0165 e. The second-order valence-electron chi connectivity index (χ2n) is 9.34. The van der Waals surface area contributed by atoms with Crippen molar-refractivity contribution in [1.82, 2.24) is 0 Å². The summed E-state index contributed by atoms with van der Waals surface area (Å²) >= 11 is 0. The predicted octanol–water partition coefficient (Wildman–Crippen LogP) is 8.02. The summed E-state index contributed by atoms with van der Waals surface area (Å²) in [6.07, 6.45) is 5.62. The van der Waals surface area contributed by atoms with Crippen LogP contribution in [0.2, 0.25) is 0 Å². The minimum Gasteiger partial charge on any atom is -0.0795 e. The molecule has 0 aromatic heterocycles. The number of benzene rings is 5. The van der Waals surface area contributed by atoms with E-state index in [0.29, 0.717) is 0 Å². The molecule has 0 fully saturated rings. The van der Waals surface area contributed by atoms with E-state index in [1.807, 2.05) is 0 Å². The monoisotopic (exact) mass is 382 g/mol. The molecule has 0 unspecified atom stereocenters. The van der Waals surface area contributed by atoms with Crippen molar-refractivity contribution in [2.45, 2.75) is 25.7 Å². The lowest BCUT2D eigenvalue weighted by Gasteiger charge is -2.38. The van der Waals surface area contributed by atoms with Gasteiger partial charge in [0.2, 0.25) is 0 Å². The maximum atomic E-state index is 2.51. The first kappa shape index (κ1) is 16.4. The van der Waals surface area contributed by atoms with Gasteiger partial charge in [-0.1, -0.05) is 92.7 Å². The van der Waals surface area contributed by atoms with E-state index in [9.17, 15) is 0 Å². The molecule has 0 spiro atoms. The topological polar surface area (TPSA) is 0 Å². The molecule has 142 valence electrons. The molecular formula is C30H22. The molecule has 0 saturated carbocycles. The van der Waals surface area contributed by atoms with Gasteiger partial charge in [0.1, 0.15) is 0 Å². The lowest BCUT2D eigenvalue weighted by molar-refractivity contribution is 0.651. The van der Waals surface area contributed by atoms with Crippen molar-refractivity contribution in [3.63, 3.8) is 0 Å². The number of rotatable bonds is 0. The van der Waals surface area contributed by atoms with Crippen LogP contribution in [0.25, 0.3) is 49.5 Å². The van der Waals surface area contributed by atoms with Gasteiger partial charge in [-0.3, -0.25) is 0 Å². The third-order valence-electron chi connectivity index (χ3n) is 7.37. The summed E-state index contributed by atoms with van der Waals surface area (Å²) in [7, 11) is 0. The van der Waals surface area contributed by atoms with Gasteiger partial charge in [0.25, 0.3) is 0 Å². The van der Waals surface area contributed by atoms with Gasteiger partial charge >= 0.3 is 0 Å². The van der Waals surface area contributed by atoms with Crippen LogP contribution in [0.5, 0.6) is 0 Å². The van der Waals surface area contributed by atoms with Crippen LogP contribution in [0.1, 0.15) is 36.1 Å². The molecule has 0 heteroatoms. The van der Waals surface area contributed by atoms with Gasteiger partial charge in [0.15, 0.2) is 0 Å². The molecule has 2 aliphatic rings. The molecule has 0 amide bonds. The largest absolute Gasteiger partial charge is 0.0795 e. The third kappa shape index (κ3) is 1.87. The van der Waals surface area contributed by atoms with Crippen LogP contribution in [0, 0.1) is 0 Å². The van der Waals surface area contributed by atoms with Crippen LogP contribution in [-0.2, 0) is 11.8 Å². The summed E-state index contributed by atoms with van der Waals surface area (Å²) in [5.74, 6) is 0. The van der Waals surface area contributed by atoms with Crippen molar-refractivity contribution in [2.24, 2.45) is 0 Å². The highest BCUT2D eigenvalue weighted by atomic mass is 14.4. The van der Waals surface area contributed by atoms with Crippen LogP contribution < -0.4 is 0 Å². The first-order valence-electron chi connectivity index (χ1n) is 10.9. The first-order chi connectivity index (χ1) is 14.6. The van der Waals surface area contributed by atoms with E-state index in [-0.39, 0.29) is 5.41 Å². The summed E-state index contributed by atoms with van der Waals surface area (Å²) in [6, 6.07) is 27.4. The van der Waals surface area contributed by atoms with Crippen molar-refractivity contribution in [3.8, 4) is 11.1 Å². The zero-order valence-corrected chi connectivity index (χ0v) is 17.3. The first-order valence-corrected chi connectivity index (χ1v) is 10.9. The Hall–Kier alpha value is -3.38. The Morgan fingerprint density at radius 3 is 2.47 bits per heavy atom. The molecule has 0 bridgehead atoms. The fourth-order valence-electron chi connectivity index (χ4n) is 6.11. The Labute approximate surface area is 176 Å². The number of hydrogen-bond donors (Lipinski definition) is 0. The number of allylic oxidation sites excluding steroid dienone is 1. The highest BCUT2D eigenvalue weighted by molar-refractivity contribution is 6.17. The quantitative estimate of drug-likeness (QED) is 0.238. The molecule has 0 atom stereocenters. The molecule has 0 saturated heterocycles. The minimum atomic E-state index is -0.0648. The summed E-state index contributed by atoms with van der Waals surface area (Å²) in [5, 5.41) is 8.34. The normalized spacial score (nSPS) is 15.7. The van der Waals surface area contributed by atoms with E-state index in [1.165, 1.54) is 65.7 Å². The molecule has 0 radical (unpaired) electrons. The average Bonchev–Trinajstić information content (AvgIpc) is 2.76. The summed E-state index contributed by atoms with van der Waals surface area (Å²) in [4.78, 5) is 0. The molecular weight excluding hydrogens is 360 g/mol. The van der Waals surface area contributed by atoms with E-state index in [2.05, 4.69) is 98.8 Å². The Morgan fingerprint density at radius 2 is 1.53 bits per heavy atom. The second-order valence-corrected chi connectivity index (χ2v) is 9.34. The van der Waals surface area contributed by atoms with Crippen LogP contribution in [0.4, 0.5) is 0 Å². The van der Waals surface area contributed by atoms with Gasteiger partial charge in [0, 0.05) is 5.41 Å². The predicted molar refractivity (Wildman–Crippen MR) is 129 cm³/mol. The van der Waals surface area contributed by atoms with Gasteiger partial charge < -0.3 is 0 Å². The van der Waals surface area contributed by atoms with E-state index in [4.69, 9.17) is 0 Å². The lowest BCUT2D eigenvalue weighted by atomic mass is 9.65. The van der Waals surface area contributed by atoms with Crippen LogP contribution >= 0.6 is 0 Å². The van der Waals surface area contributed by atoms with Gasteiger partial charge in [-0.25, -0.2) is 0 Å².